The van der Waals surface area contributed by atoms with E-state index in [9.17, 15) is 4.79 Å². The Morgan fingerprint density at radius 1 is 1.07 bits per heavy atom. The molecule has 0 radical (unpaired) electrons. The van der Waals surface area contributed by atoms with Crippen LogP contribution in [0.2, 0.25) is 0 Å². The molecule has 0 atom stereocenters. The summed E-state index contributed by atoms with van der Waals surface area (Å²) in [6.45, 7) is 15.6. The number of fused-ring (bicyclic) bond motifs is 1. The lowest BCUT2D eigenvalue weighted by molar-refractivity contribution is 0.187. The molecule has 0 amide bonds. The highest BCUT2D eigenvalue weighted by Crippen LogP contribution is 2.36. The Morgan fingerprint density at radius 3 is 2.46 bits per heavy atom. The van der Waals surface area contributed by atoms with Crippen molar-refractivity contribution in [2.24, 2.45) is 10.5 Å². The fraction of sp³-hybridized carbons (Fsp3) is 0.364. The summed E-state index contributed by atoms with van der Waals surface area (Å²) in [6, 6.07) is 15.3. The number of ether oxygens (including phenoxy) is 3. The Hall–Kier alpha value is -3.40. The molecule has 0 fully saturated rings. The number of para-hydroxylation sites is 1. The molecule has 0 aliphatic rings. The highest BCUT2D eigenvalue weighted by molar-refractivity contribution is 14.1. The van der Waals surface area contributed by atoms with Crippen molar-refractivity contribution in [3.8, 4) is 28.6 Å². The van der Waals surface area contributed by atoms with Crippen molar-refractivity contribution < 1.29 is 14.2 Å². The number of methoxy groups -OCH3 is 1. The van der Waals surface area contributed by atoms with Crippen LogP contribution in [0.15, 0.2) is 58.4 Å². The number of hydrogen-bond acceptors (Lipinski definition) is 6. The van der Waals surface area contributed by atoms with Crippen LogP contribution in [0.3, 0.4) is 0 Å². The molecule has 7 nitrogen and oxygen atoms in total. The van der Waals surface area contributed by atoms with Gasteiger partial charge in [0.1, 0.15) is 5.75 Å². The number of aryl methyl sites for hydroxylation is 1. The maximum atomic E-state index is 13.8. The van der Waals surface area contributed by atoms with E-state index in [1.807, 2.05) is 50.2 Å². The lowest BCUT2D eigenvalue weighted by Gasteiger charge is -2.21. The lowest BCUT2D eigenvalue weighted by atomic mass is 9.96. The first kappa shape index (κ1) is 30.6. The van der Waals surface area contributed by atoms with Gasteiger partial charge >= 0.3 is 0 Å². The summed E-state index contributed by atoms with van der Waals surface area (Å²) in [4.78, 5) is 18.7. The van der Waals surface area contributed by atoms with Gasteiger partial charge in [-0.3, -0.25) is 4.79 Å². The van der Waals surface area contributed by atoms with Gasteiger partial charge in [-0.05, 0) is 101 Å². The highest BCUT2D eigenvalue weighted by Gasteiger charge is 2.19. The molecular weight excluding hydrogens is 629 g/mol. The summed E-state index contributed by atoms with van der Waals surface area (Å²) in [5, 5.41) is 5.20. The zero-order chi connectivity index (χ0) is 29.9. The first-order chi connectivity index (χ1) is 19.4. The minimum Gasteiger partial charge on any atom is -0.496 e. The van der Waals surface area contributed by atoms with E-state index in [0.717, 1.165) is 31.6 Å². The van der Waals surface area contributed by atoms with Crippen molar-refractivity contribution in [3.05, 3.63) is 79.1 Å². The van der Waals surface area contributed by atoms with Crippen molar-refractivity contribution in [3.63, 3.8) is 0 Å². The average molecular weight is 668 g/mol. The zero-order valence-electron chi connectivity index (χ0n) is 25.0. The molecule has 8 heteroatoms. The molecule has 216 valence electrons. The number of hydrogen-bond donors (Lipinski definition) is 0. The van der Waals surface area contributed by atoms with Crippen molar-refractivity contribution >= 4 is 39.7 Å². The van der Waals surface area contributed by atoms with Crippen LogP contribution in [0.5, 0.6) is 17.2 Å². The number of halogens is 1. The van der Waals surface area contributed by atoms with E-state index < -0.39 is 0 Å². The predicted octanol–water partition coefficient (Wildman–Crippen LogP) is 7.81. The first-order valence-electron chi connectivity index (χ1n) is 13.8. The molecule has 0 saturated heterocycles. The van der Waals surface area contributed by atoms with Crippen LogP contribution in [0.4, 0.5) is 0 Å². The number of benzene rings is 3. The van der Waals surface area contributed by atoms with Gasteiger partial charge in [-0.2, -0.15) is 9.78 Å². The minimum atomic E-state index is -0.243. The molecule has 4 aromatic rings. The van der Waals surface area contributed by atoms with E-state index in [-0.39, 0.29) is 16.9 Å². The number of rotatable bonds is 9. The van der Waals surface area contributed by atoms with Crippen LogP contribution in [0, 0.1) is 15.9 Å². The van der Waals surface area contributed by atoms with E-state index in [0.29, 0.717) is 41.4 Å². The summed E-state index contributed by atoms with van der Waals surface area (Å²) < 4.78 is 20.0. The monoisotopic (exact) mass is 667 g/mol. The Labute approximate surface area is 255 Å². The van der Waals surface area contributed by atoms with Gasteiger partial charge in [0.25, 0.3) is 5.56 Å². The lowest BCUT2D eigenvalue weighted by Crippen LogP contribution is -2.21. The quantitative estimate of drug-likeness (QED) is 0.135. The zero-order valence-corrected chi connectivity index (χ0v) is 27.2. The third kappa shape index (κ3) is 6.92. The minimum absolute atomic E-state index is 0.00235. The molecule has 0 aliphatic heterocycles. The fourth-order valence-electron chi connectivity index (χ4n) is 4.45. The maximum absolute atomic E-state index is 13.8. The molecule has 0 spiro atoms. The van der Waals surface area contributed by atoms with Gasteiger partial charge in [0.2, 0.25) is 0 Å². The molecule has 41 heavy (non-hydrogen) atoms. The second-order valence-electron chi connectivity index (χ2n) is 11.5. The maximum Gasteiger partial charge on any atom is 0.282 e. The van der Waals surface area contributed by atoms with E-state index in [1.165, 1.54) is 4.68 Å². The van der Waals surface area contributed by atoms with E-state index >= 15 is 0 Å². The van der Waals surface area contributed by atoms with Crippen molar-refractivity contribution in [1.82, 2.24) is 9.66 Å². The SMILES string of the molecule is CCOc1cc(C=Nn2c(-c3cc(C(C)C)c(OC)cc3C)nc3ccccc3c2=O)cc(I)c1OCC(C)(C)C. The van der Waals surface area contributed by atoms with Crippen molar-refractivity contribution in [1.29, 1.82) is 0 Å². The third-order valence-electron chi connectivity index (χ3n) is 6.50. The Kier molecular flexibility index (Phi) is 9.41. The van der Waals surface area contributed by atoms with Crippen LogP contribution in [0.25, 0.3) is 22.3 Å². The fourth-order valence-corrected chi connectivity index (χ4v) is 5.23. The van der Waals surface area contributed by atoms with E-state index in [4.69, 9.17) is 24.3 Å². The summed E-state index contributed by atoms with van der Waals surface area (Å²) in [5.41, 5.74) is 3.95. The second kappa shape index (κ2) is 12.6. The topological polar surface area (TPSA) is 74.9 Å². The molecule has 0 saturated carbocycles. The highest BCUT2D eigenvalue weighted by atomic mass is 127. The largest absolute Gasteiger partial charge is 0.496 e. The van der Waals surface area contributed by atoms with Crippen LogP contribution in [0.1, 0.15) is 64.2 Å². The third-order valence-corrected chi connectivity index (χ3v) is 7.30. The summed E-state index contributed by atoms with van der Waals surface area (Å²) in [6.07, 6.45) is 1.67. The second-order valence-corrected chi connectivity index (χ2v) is 12.7. The van der Waals surface area contributed by atoms with Crippen LogP contribution in [-0.4, -0.2) is 36.2 Å². The first-order valence-corrected chi connectivity index (χ1v) is 14.9. The molecule has 0 unspecified atom stereocenters. The Balaban J connectivity index is 1.88. The van der Waals surface area contributed by atoms with Crippen LogP contribution >= 0.6 is 22.6 Å². The standard InChI is InChI=1S/C33H38IN3O4/c1-9-40-29-16-22(15-26(34)30(29)41-19-33(5,6)7)18-35-37-31(36-27-13-11-10-12-23(27)32(37)38)25-17-24(20(2)3)28(39-8)14-21(25)4/h10-18,20H,9,19H2,1-8H3. The Bertz CT molecular complexity index is 1650. The van der Waals surface area contributed by atoms with Gasteiger partial charge in [-0.25, -0.2) is 4.98 Å². The van der Waals surface area contributed by atoms with E-state index in [2.05, 4.69) is 63.3 Å². The van der Waals surface area contributed by atoms with Crippen LogP contribution < -0.4 is 19.8 Å². The average Bonchev–Trinajstić information content (AvgIpc) is 2.91. The summed E-state index contributed by atoms with van der Waals surface area (Å²) in [7, 11) is 1.67. The van der Waals surface area contributed by atoms with Gasteiger partial charge in [0.05, 0.1) is 41.0 Å². The molecule has 0 aliphatic carbocycles. The summed E-state index contributed by atoms with van der Waals surface area (Å²) >= 11 is 2.25. The van der Waals surface area contributed by atoms with Crippen molar-refractivity contribution in [2.45, 2.75) is 54.4 Å². The normalized spacial score (nSPS) is 12.0. The molecular formula is C33H38IN3O4. The molecule has 0 N–H and O–H groups in total. The molecule has 0 bridgehead atoms. The van der Waals surface area contributed by atoms with E-state index in [1.54, 1.807) is 19.4 Å². The summed E-state index contributed by atoms with van der Waals surface area (Å²) in [5.74, 6) is 2.84. The number of aromatic nitrogens is 2. The van der Waals surface area contributed by atoms with Crippen molar-refractivity contribution in [2.75, 3.05) is 20.3 Å². The molecule has 4 rings (SSSR count). The van der Waals surface area contributed by atoms with Gasteiger partial charge in [-0.1, -0.05) is 46.8 Å². The number of nitrogens with zero attached hydrogens (tertiary/aromatic N) is 3. The molecule has 1 heterocycles. The Morgan fingerprint density at radius 2 is 1.80 bits per heavy atom. The van der Waals surface area contributed by atoms with Gasteiger partial charge < -0.3 is 14.2 Å². The molecule has 1 aromatic heterocycles. The smallest absolute Gasteiger partial charge is 0.282 e. The van der Waals surface area contributed by atoms with Gasteiger partial charge in [-0.15, -0.1) is 0 Å². The van der Waals surface area contributed by atoms with Crippen LogP contribution in [-0.2, 0) is 0 Å². The van der Waals surface area contributed by atoms with Gasteiger partial charge in [0, 0.05) is 5.56 Å². The van der Waals surface area contributed by atoms with Gasteiger partial charge in [0.15, 0.2) is 17.3 Å². The molecule has 3 aromatic carbocycles. The predicted molar refractivity (Wildman–Crippen MR) is 175 cm³/mol.